The molecule has 0 fully saturated rings. The molecule has 1 aliphatic heterocycles. The lowest BCUT2D eigenvalue weighted by Gasteiger charge is -2.13. The van der Waals surface area contributed by atoms with Crippen molar-refractivity contribution in [2.75, 3.05) is 19.8 Å². The Labute approximate surface area is 200 Å². The second kappa shape index (κ2) is 11.4. The lowest BCUT2D eigenvalue weighted by atomic mass is 10.1. The molecule has 0 radical (unpaired) electrons. The van der Waals surface area contributed by atoms with Gasteiger partial charge in [0.05, 0.1) is 24.3 Å². The molecule has 7 nitrogen and oxygen atoms in total. The van der Waals surface area contributed by atoms with Crippen LogP contribution in [-0.2, 0) is 9.53 Å². The van der Waals surface area contributed by atoms with Gasteiger partial charge in [-0.1, -0.05) is 41.4 Å². The van der Waals surface area contributed by atoms with Crippen molar-refractivity contribution in [3.8, 4) is 11.8 Å². The molecule has 2 aromatic rings. The maximum atomic E-state index is 12.5. The summed E-state index contributed by atoms with van der Waals surface area (Å²) in [5, 5.41) is 9.33. The van der Waals surface area contributed by atoms with Crippen molar-refractivity contribution in [1.29, 1.82) is 5.26 Å². The van der Waals surface area contributed by atoms with Crippen molar-refractivity contribution in [1.82, 2.24) is 4.90 Å². The van der Waals surface area contributed by atoms with Crippen LogP contribution in [0.1, 0.15) is 52.5 Å². The molecule has 33 heavy (non-hydrogen) atoms. The van der Waals surface area contributed by atoms with Crippen LogP contribution in [0.3, 0.4) is 0 Å². The lowest BCUT2D eigenvalue weighted by Crippen LogP contribution is -2.31. The lowest BCUT2D eigenvalue weighted by molar-refractivity contribution is -0.138. The quantitative estimate of drug-likeness (QED) is 0.150. The number of nitrogens with zero attached hydrogens (tertiary/aromatic N) is 2. The molecule has 0 bridgehead atoms. The highest BCUT2D eigenvalue weighted by molar-refractivity contribution is 9.10. The topological polar surface area (TPSA) is 96.7 Å². The highest BCUT2D eigenvalue weighted by Crippen LogP contribution is 2.26. The third kappa shape index (κ3) is 6.08. The third-order valence-electron chi connectivity index (χ3n) is 4.99. The molecule has 8 heteroatoms. The molecular weight excluding hydrogens is 488 g/mol. The normalized spacial score (nSPS) is 13.0. The first kappa shape index (κ1) is 24.2. The van der Waals surface area contributed by atoms with Crippen molar-refractivity contribution in [2.45, 2.75) is 26.2 Å². The Balaban J connectivity index is 1.50. The van der Waals surface area contributed by atoms with E-state index < -0.39 is 5.97 Å². The van der Waals surface area contributed by atoms with Gasteiger partial charge in [0.1, 0.15) is 17.4 Å². The minimum absolute atomic E-state index is 0.0286. The first-order chi connectivity index (χ1) is 15.9. The molecule has 3 rings (SSSR count). The number of imide groups is 1. The number of hydrogen-bond donors (Lipinski definition) is 0. The number of ether oxygens (including phenoxy) is 2. The molecule has 0 saturated heterocycles. The number of carbonyl (C=O) groups excluding carboxylic acids is 3. The van der Waals surface area contributed by atoms with Gasteiger partial charge in [0.25, 0.3) is 11.8 Å². The molecule has 0 atom stereocenters. The van der Waals surface area contributed by atoms with Gasteiger partial charge in [-0.15, -0.1) is 0 Å². The summed E-state index contributed by atoms with van der Waals surface area (Å²) < 4.78 is 11.5. The number of rotatable bonds is 10. The van der Waals surface area contributed by atoms with Gasteiger partial charge < -0.3 is 9.47 Å². The van der Waals surface area contributed by atoms with Crippen molar-refractivity contribution in [3.05, 3.63) is 69.2 Å². The number of esters is 1. The van der Waals surface area contributed by atoms with E-state index in [1.165, 1.54) is 6.08 Å². The van der Waals surface area contributed by atoms with Crippen molar-refractivity contribution in [3.63, 3.8) is 0 Å². The Morgan fingerprint density at radius 3 is 2.48 bits per heavy atom. The van der Waals surface area contributed by atoms with Crippen molar-refractivity contribution in [2.24, 2.45) is 0 Å². The number of nitriles is 1. The molecule has 0 spiro atoms. The summed E-state index contributed by atoms with van der Waals surface area (Å²) in [6.45, 7) is 2.81. The van der Waals surface area contributed by atoms with E-state index in [-0.39, 0.29) is 37.0 Å². The van der Waals surface area contributed by atoms with E-state index in [2.05, 4.69) is 22.9 Å². The van der Waals surface area contributed by atoms with Crippen LogP contribution in [0.5, 0.6) is 5.75 Å². The third-order valence-corrected chi connectivity index (χ3v) is 5.48. The van der Waals surface area contributed by atoms with Gasteiger partial charge in [-0.05, 0) is 54.8 Å². The highest BCUT2D eigenvalue weighted by Gasteiger charge is 2.35. The largest absolute Gasteiger partial charge is 0.494 e. The van der Waals surface area contributed by atoms with E-state index in [0.717, 1.165) is 23.5 Å². The average Bonchev–Trinajstić information content (AvgIpc) is 3.05. The number of amides is 2. The highest BCUT2D eigenvalue weighted by atomic mass is 79.9. The van der Waals surface area contributed by atoms with Crippen LogP contribution in [0.25, 0.3) is 6.08 Å². The first-order valence-electron chi connectivity index (χ1n) is 10.6. The van der Waals surface area contributed by atoms with Gasteiger partial charge >= 0.3 is 5.97 Å². The summed E-state index contributed by atoms with van der Waals surface area (Å²) in [7, 11) is 0. The molecule has 2 aromatic carbocycles. The van der Waals surface area contributed by atoms with Crippen LogP contribution in [0.4, 0.5) is 0 Å². The molecule has 0 saturated carbocycles. The Kier molecular flexibility index (Phi) is 8.39. The number of unbranched alkanes of at least 4 members (excludes halogenated alkanes) is 1. The van der Waals surface area contributed by atoms with Crippen LogP contribution in [-0.4, -0.2) is 42.4 Å². The van der Waals surface area contributed by atoms with Crippen LogP contribution in [0.15, 0.2) is 52.5 Å². The number of carbonyl (C=O) groups is 3. The van der Waals surface area contributed by atoms with Gasteiger partial charge in [0, 0.05) is 11.0 Å². The fraction of sp³-hybridized carbons (Fsp3) is 0.280. The maximum absolute atomic E-state index is 12.5. The van der Waals surface area contributed by atoms with Gasteiger partial charge in [0.2, 0.25) is 0 Å². The fourth-order valence-corrected chi connectivity index (χ4v) is 3.59. The van der Waals surface area contributed by atoms with E-state index >= 15 is 0 Å². The molecule has 2 amide bonds. The van der Waals surface area contributed by atoms with Gasteiger partial charge in [-0.2, -0.15) is 5.26 Å². The van der Waals surface area contributed by atoms with Gasteiger partial charge in [-0.25, -0.2) is 4.79 Å². The summed E-state index contributed by atoms with van der Waals surface area (Å²) in [4.78, 5) is 38.3. The van der Waals surface area contributed by atoms with Gasteiger partial charge in [0.15, 0.2) is 0 Å². The Morgan fingerprint density at radius 1 is 1.06 bits per heavy atom. The molecule has 0 aromatic heterocycles. The minimum atomic E-state index is -0.757. The van der Waals surface area contributed by atoms with Crippen LogP contribution < -0.4 is 4.74 Å². The van der Waals surface area contributed by atoms with Crippen LogP contribution in [0, 0.1) is 11.3 Å². The fourth-order valence-electron chi connectivity index (χ4n) is 3.23. The second-order valence-corrected chi connectivity index (χ2v) is 8.30. The molecule has 0 N–H and O–H groups in total. The monoisotopic (exact) mass is 510 g/mol. The van der Waals surface area contributed by atoms with Crippen molar-refractivity contribution >= 4 is 39.8 Å². The molecule has 0 unspecified atom stereocenters. The molecule has 170 valence electrons. The first-order valence-corrected chi connectivity index (χ1v) is 11.4. The summed E-state index contributed by atoms with van der Waals surface area (Å²) in [5.41, 5.74) is 1.24. The zero-order valence-electron chi connectivity index (χ0n) is 18.2. The Morgan fingerprint density at radius 2 is 1.79 bits per heavy atom. The van der Waals surface area contributed by atoms with Crippen LogP contribution >= 0.6 is 15.9 Å². The van der Waals surface area contributed by atoms with E-state index in [9.17, 15) is 19.6 Å². The standard InChI is InChI=1S/C25H23BrN2O5/c1-2-3-12-32-20-8-5-17(6-9-20)14-18(16-27)25(31)33-13-4-11-28-23(29)21-10-7-19(26)15-22(21)24(28)30/h5-10,14-15H,2-4,11-13H2,1H3/b18-14+. The SMILES string of the molecule is CCCCOc1ccc(/C=C(\C#N)C(=O)OCCCN2C(=O)c3ccc(Br)cc3C2=O)cc1. The zero-order valence-corrected chi connectivity index (χ0v) is 19.8. The number of hydrogen-bond acceptors (Lipinski definition) is 6. The number of halogens is 1. The summed E-state index contributed by atoms with van der Waals surface area (Å²) in [5.74, 6) is -0.773. The van der Waals surface area contributed by atoms with Crippen molar-refractivity contribution < 1.29 is 23.9 Å². The minimum Gasteiger partial charge on any atom is -0.494 e. The van der Waals surface area contributed by atoms with Crippen LogP contribution in [0.2, 0.25) is 0 Å². The second-order valence-electron chi connectivity index (χ2n) is 7.38. The Hall–Kier alpha value is -3.44. The summed E-state index contributed by atoms with van der Waals surface area (Å²) >= 11 is 3.29. The number of benzene rings is 2. The number of fused-ring (bicyclic) bond motifs is 1. The molecule has 0 aliphatic carbocycles. The average molecular weight is 511 g/mol. The van der Waals surface area contributed by atoms with E-state index in [1.807, 2.05) is 6.07 Å². The smallest absolute Gasteiger partial charge is 0.348 e. The van der Waals surface area contributed by atoms with Gasteiger partial charge in [-0.3, -0.25) is 14.5 Å². The van der Waals surface area contributed by atoms with E-state index in [4.69, 9.17) is 9.47 Å². The maximum Gasteiger partial charge on any atom is 0.348 e. The molecule has 1 aliphatic rings. The predicted octanol–water partition coefficient (Wildman–Crippen LogP) is 4.76. The molecular formula is C25H23BrN2O5. The zero-order chi connectivity index (χ0) is 23.8. The molecule has 1 heterocycles. The Bertz CT molecular complexity index is 1120. The predicted molar refractivity (Wildman–Crippen MR) is 126 cm³/mol. The summed E-state index contributed by atoms with van der Waals surface area (Å²) in [6.07, 6.45) is 3.72. The summed E-state index contributed by atoms with van der Waals surface area (Å²) in [6, 6.07) is 13.9. The van der Waals surface area contributed by atoms with E-state index in [0.29, 0.717) is 27.8 Å². The van der Waals surface area contributed by atoms with E-state index in [1.54, 1.807) is 42.5 Å².